The minimum Gasteiger partial charge on any atom is -0.493 e. The number of fused-ring (bicyclic) bond motifs is 3. The molecule has 2 aromatic rings. The number of nitrogens with one attached hydrogen (secondary N) is 2. The molecule has 2 heterocycles. The molecule has 0 atom stereocenters. The van der Waals surface area contributed by atoms with E-state index in [0.29, 0.717) is 37.0 Å². The third-order valence-electron chi connectivity index (χ3n) is 4.53. The predicted molar refractivity (Wildman–Crippen MR) is 103 cm³/mol. The van der Waals surface area contributed by atoms with Gasteiger partial charge in [-0.1, -0.05) is 0 Å². The van der Waals surface area contributed by atoms with Gasteiger partial charge in [-0.2, -0.15) is 4.98 Å². The highest BCUT2D eigenvalue weighted by Crippen LogP contribution is 2.38. The van der Waals surface area contributed by atoms with Crippen LogP contribution in [0.1, 0.15) is 18.9 Å². The Balaban J connectivity index is 1.87. The van der Waals surface area contributed by atoms with Crippen LogP contribution in [0, 0.1) is 0 Å². The van der Waals surface area contributed by atoms with Crippen LogP contribution in [0.4, 0.5) is 5.82 Å². The molecular formula is C19H24N4O4. The number of rotatable bonds is 7. The van der Waals surface area contributed by atoms with E-state index >= 15 is 0 Å². The Hall–Kier alpha value is -3.03. The molecule has 1 amide bonds. The lowest BCUT2D eigenvalue weighted by Gasteiger charge is -2.23. The number of carbonyl (C=O) groups is 1. The molecule has 2 N–H and O–H groups in total. The molecule has 0 radical (unpaired) electrons. The van der Waals surface area contributed by atoms with E-state index in [9.17, 15) is 9.59 Å². The van der Waals surface area contributed by atoms with Gasteiger partial charge in [0.2, 0.25) is 5.91 Å². The van der Waals surface area contributed by atoms with Crippen molar-refractivity contribution in [3.05, 3.63) is 34.2 Å². The molecule has 3 rings (SSSR count). The molecule has 1 aromatic heterocycles. The summed E-state index contributed by atoms with van der Waals surface area (Å²) in [6, 6.07) is 5.74. The van der Waals surface area contributed by atoms with Crippen LogP contribution >= 0.6 is 0 Å². The normalized spacial score (nSPS) is 12.0. The standard InChI is InChI=1S/C19H24N4O4/c1-12(24)20-6-4-7-21-18-11-15-14-10-17(27-3)16(26-2)9-13(14)5-8-23(15)19(25)22-18/h9-11H,4-8H2,1-3H3,(H,20,24)(H,21,22,25). The van der Waals surface area contributed by atoms with Crippen molar-refractivity contribution < 1.29 is 14.3 Å². The van der Waals surface area contributed by atoms with Crippen LogP contribution in [0.2, 0.25) is 0 Å². The lowest BCUT2D eigenvalue weighted by atomic mass is 9.97. The fourth-order valence-electron chi connectivity index (χ4n) is 3.20. The van der Waals surface area contributed by atoms with E-state index in [1.54, 1.807) is 18.8 Å². The number of aromatic nitrogens is 2. The summed E-state index contributed by atoms with van der Waals surface area (Å²) in [5.74, 6) is 1.77. The van der Waals surface area contributed by atoms with Gasteiger partial charge in [-0.3, -0.25) is 9.36 Å². The lowest BCUT2D eigenvalue weighted by molar-refractivity contribution is -0.118. The Morgan fingerprint density at radius 1 is 1.19 bits per heavy atom. The maximum Gasteiger partial charge on any atom is 0.349 e. The van der Waals surface area contributed by atoms with Gasteiger partial charge in [-0.05, 0) is 30.5 Å². The first-order valence-corrected chi connectivity index (χ1v) is 8.89. The summed E-state index contributed by atoms with van der Waals surface area (Å²) in [5.41, 5.74) is 2.58. The zero-order chi connectivity index (χ0) is 19.4. The van der Waals surface area contributed by atoms with E-state index in [1.165, 1.54) is 6.92 Å². The molecule has 0 bridgehead atoms. The number of amides is 1. The summed E-state index contributed by atoms with van der Waals surface area (Å²) in [4.78, 5) is 27.5. The zero-order valence-electron chi connectivity index (χ0n) is 15.8. The summed E-state index contributed by atoms with van der Waals surface area (Å²) >= 11 is 0. The first-order chi connectivity index (χ1) is 13.0. The second kappa shape index (κ2) is 8.11. The first kappa shape index (κ1) is 18.8. The predicted octanol–water partition coefficient (Wildman–Crippen LogP) is 1.42. The van der Waals surface area contributed by atoms with E-state index in [4.69, 9.17) is 9.47 Å². The van der Waals surface area contributed by atoms with Crippen molar-refractivity contribution in [2.75, 3.05) is 32.6 Å². The van der Waals surface area contributed by atoms with Gasteiger partial charge in [0.15, 0.2) is 11.5 Å². The van der Waals surface area contributed by atoms with Gasteiger partial charge in [0.05, 0.1) is 19.9 Å². The number of hydrogen-bond acceptors (Lipinski definition) is 6. The van der Waals surface area contributed by atoms with E-state index < -0.39 is 0 Å². The quantitative estimate of drug-likeness (QED) is 0.714. The zero-order valence-corrected chi connectivity index (χ0v) is 15.8. The average Bonchev–Trinajstić information content (AvgIpc) is 2.66. The van der Waals surface area contributed by atoms with Crippen molar-refractivity contribution in [2.45, 2.75) is 26.3 Å². The van der Waals surface area contributed by atoms with Gasteiger partial charge in [-0.15, -0.1) is 0 Å². The van der Waals surface area contributed by atoms with Crippen molar-refractivity contribution in [3.8, 4) is 22.8 Å². The average molecular weight is 372 g/mol. The van der Waals surface area contributed by atoms with E-state index in [-0.39, 0.29) is 11.6 Å². The third kappa shape index (κ3) is 4.05. The SMILES string of the molecule is COc1cc2c(cc1OC)-c1cc(NCCCNC(C)=O)nc(=O)n1CC2. The smallest absolute Gasteiger partial charge is 0.349 e. The molecule has 0 spiro atoms. The monoisotopic (exact) mass is 372 g/mol. The Morgan fingerprint density at radius 3 is 2.63 bits per heavy atom. The van der Waals surface area contributed by atoms with Crippen molar-refractivity contribution >= 4 is 11.7 Å². The van der Waals surface area contributed by atoms with E-state index in [1.807, 2.05) is 18.2 Å². The van der Waals surface area contributed by atoms with Gasteiger partial charge in [0.25, 0.3) is 0 Å². The number of benzene rings is 1. The minimum atomic E-state index is -0.280. The number of methoxy groups -OCH3 is 2. The molecule has 1 aliphatic rings. The maximum atomic E-state index is 12.4. The van der Waals surface area contributed by atoms with Crippen LogP contribution in [0.15, 0.2) is 23.0 Å². The molecule has 1 aliphatic heterocycles. The van der Waals surface area contributed by atoms with Crippen LogP contribution in [-0.4, -0.2) is 42.8 Å². The Bertz CT molecular complexity index is 907. The second-order valence-corrected chi connectivity index (χ2v) is 6.34. The summed E-state index contributed by atoms with van der Waals surface area (Å²) in [6.45, 7) is 3.24. The van der Waals surface area contributed by atoms with Crippen molar-refractivity contribution in [3.63, 3.8) is 0 Å². The summed E-state index contributed by atoms with van der Waals surface area (Å²) < 4.78 is 12.5. The second-order valence-electron chi connectivity index (χ2n) is 6.34. The van der Waals surface area contributed by atoms with Gasteiger partial charge in [0.1, 0.15) is 5.82 Å². The van der Waals surface area contributed by atoms with Crippen molar-refractivity contribution in [2.24, 2.45) is 0 Å². The van der Waals surface area contributed by atoms with Crippen LogP contribution in [0.3, 0.4) is 0 Å². The summed E-state index contributed by atoms with van der Waals surface area (Å²) in [6.07, 6.45) is 1.47. The van der Waals surface area contributed by atoms with Crippen molar-refractivity contribution in [1.29, 1.82) is 0 Å². The lowest BCUT2D eigenvalue weighted by Crippen LogP contribution is -2.29. The molecule has 0 unspecified atom stereocenters. The number of anilines is 1. The summed E-state index contributed by atoms with van der Waals surface area (Å²) in [5, 5.41) is 5.90. The van der Waals surface area contributed by atoms with Crippen LogP contribution < -0.4 is 25.8 Å². The van der Waals surface area contributed by atoms with Crippen LogP contribution in [-0.2, 0) is 17.8 Å². The maximum absolute atomic E-state index is 12.4. The minimum absolute atomic E-state index is 0.0545. The molecule has 8 heteroatoms. The Kier molecular flexibility index (Phi) is 5.63. The fraction of sp³-hybridized carbons (Fsp3) is 0.421. The highest BCUT2D eigenvalue weighted by atomic mass is 16.5. The molecule has 1 aromatic carbocycles. The molecule has 0 fully saturated rings. The van der Waals surface area contributed by atoms with Gasteiger partial charge >= 0.3 is 5.69 Å². The van der Waals surface area contributed by atoms with E-state index in [0.717, 1.165) is 29.7 Å². The molecule has 0 saturated heterocycles. The number of aryl methyl sites for hydroxylation is 1. The third-order valence-corrected chi connectivity index (χ3v) is 4.53. The number of carbonyl (C=O) groups excluding carboxylic acids is 1. The van der Waals surface area contributed by atoms with E-state index in [2.05, 4.69) is 15.6 Å². The summed E-state index contributed by atoms with van der Waals surface area (Å²) in [7, 11) is 3.20. The molecule has 27 heavy (non-hydrogen) atoms. The number of nitrogens with zero attached hydrogens (tertiary/aromatic N) is 2. The highest BCUT2D eigenvalue weighted by molar-refractivity contribution is 5.73. The molecular weight excluding hydrogens is 348 g/mol. The molecule has 0 saturated carbocycles. The largest absolute Gasteiger partial charge is 0.493 e. The Morgan fingerprint density at radius 2 is 1.93 bits per heavy atom. The Labute approximate surface area is 157 Å². The van der Waals surface area contributed by atoms with Gasteiger partial charge < -0.3 is 20.1 Å². The van der Waals surface area contributed by atoms with Gasteiger partial charge in [-0.25, -0.2) is 4.79 Å². The highest BCUT2D eigenvalue weighted by Gasteiger charge is 2.21. The van der Waals surface area contributed by atoms with Crippen LogP contribution in [0.25, 0.3) is 11.3 Å². The van der Waals surface area contributed by atoms with Gasteiger partial charge in [0, 0.05) is 38.2 Å². The topological polar surface area (TPSA) is 94.5 Å². The fourth-order valence-corrected chi connectivity index (χ4v) is 3.20. The number of hydrogen-bond donors (Lipinski definition) is 2. The molecule has 8 nitrogen and oxygen atoms in total. The first-order valence-electron chi connectivity index (χ1n) is 8.89. The number of ether oxygens (including phenoxy) is 2. The van der Waals surface area contributed by atoms with Crippen molar-refractivity contribution in [1.82, 2.24) is 14.9 Å². The molecule has 144 valence electrons. The van der Waals surface area contributed by atoms with Crippen LogP contribution in [0.5, 0.6) is 11.5 Å². The molecule has 0 aliphatic carbocycles.